The number of ether oxygens (including phenoxy) is 3. The summed E-state index contributed by atoms with van der Waals surface area (Å²) in [6.07, 6.45) is -4.99. The molecule has 2 aromatic rings. The summed E-state index contributed by atoms with van der Waals surface area (Å²) in [5.41, 5.74) is 2.47. The van der Waals surface area contributed by atoms with Crippen LogP contribution in [0.2, 0.25) is 0 Å². The Hall–Kier alpha value is -2.25. The molecule has 0 aromatic heterocycles. The van der Waals surface area contributed by atoms with Crippen molar-refractivity contribution < 1.29 is 27.4 Å². The van der Waals surface area contributed by atoms with Crippen LogP contribution in [0.3, 0.4) is 0 Å². The second-order valence-electron chi connectivity index (χ2n) is 5.24. The normalized spacial score (nSPS) is 17.6. The second kappa shape index (κ2) is 6.70. The quantitative estimate of drug-likeness (QED) is 0.921. The van der Waals surface area contributed by atoms with E-state index in [0.29, 0.717) is 13.2 Å². The van der Waals surface area contributed by atoms with E-state index >= 15 is 0 Å². The Morgan fingerprint density at radius 2 is 1.79 bits per heavy atom. The molecule has 1 aliphatic rings. The zero-order valence-corrected chi connectivity index (χ0v) is 12.9. The molecule has 0 aliphatic carbocycles. The van der Waals surface area contributed by atoms with Gasteiger partial charge in [-0.15, -0.1) is 13.2 Å². The molecular formula is C17H16F3NO3. The first kappa shape index (κ1) is 16.6. The minimum Gasteiger partial charge on any atom is -0.492 e. The predicted molar refractivity (Wildman–Crippen MR) is 81.8 cm³/mol. The standard InChI is InChI=1S/C17H16F3NO3/c1-22-16-14-10-12(4-7-15(14)23-9-8-21-16)11-2-5-13(6-3-11)24-17(18,19)20/h2-7,10,16,21H,8-9H2,1H3. The zero-order valence-electron chi connectivity index (χ0n) is 12.9. The number of hydrogen-bond acceptors (Lipinski definition) is 4. The van der Waals surface area contributed by atoms with Gasteiger partial charge in [0.2, 0.25) is 0 Å². The highest BCUT2D eigenvalue weighted by Gasteiger charge is 2.31. The van der Waals surface area contributed by atoms with Gasteiger partial charge in [-0.3, -0.25) is 5.32 Å². The van der Waals surface area contributed by atoms with E-state index in [1.165, 1.54) is 12.1 Å². The maximum Gasteiger partial charge on any atom is 0.573 e. The molecule has 0 amide bonds. The summed E-state index contributed by atoms with van der Waals surface area (Å²) in [5, 5.41) is 3.21. The van der Waals surface area contributed by atoms with E-state index in [2.05, 4.69) is 10.1 Å². The first-order valence-electron chi connectivity index (χ1n) is 7.35. The van der Waals surface area contributed by atoms with Gasteiger partial charge in [0.1, 0.15) is 24.3 Å². The third-order valence-electron chi connectivity index (χ3n) is 3.64. The van der Waals surface area contributed by atoms with Gasteiger partial charge in [0, 0.05) is 19.2 Å². The third-order valence-corrected chi connectivity index (χ3v) is 3.64. The number of benzene rings is 2. The Morgan fingerprint density at radius 3 is 2.46 bits per heavy atom. The molecule has 3 rings (SSSR count). The lowest BCUT2D eigenvalue weighted by molar-refractivity contribution is -0.274. The van der Waals surface area contributed by atoms with Crippen LogP contribution in [0.1, 0.15) is 11.8 Å². The number of methoxy groups -OCH3 is 1. The summed E-state index contributed by atoms with van der Waals surface area (Å²) < 4.78 is 51.6. The van der Waals surface area contributed by atoms with Crippen molar-refractivity contribution in [3.05, 3.63) is 48.0 Å². The third kappa shape index (κ3) is 3.80. The average Bonchev–Trinajstić information content (AvgIpc) is 2.75. The van der Waals surface area contributed by atoms with Gasteiger partial charge in [-0.25, -0.2) is 0 Å². The second-order valence-corrected chi connectivity index (χ2v) is 5.24. The maximum atomic E-state index is 12.2. The molecule has 1 heterocycles. The van der Waals surface area contributed by atoms with Crippen LogP contribution in [0.25, 0.3) is 11.1 Å². The minimum absolute atomic E-state index is 0.249. The van der Waals surface area contributed by atoms with Gasteiger partial charge in [0.25, 0.3) is 0 Å². The van der Waals surface area contributed by atoms with Gasteiger partial charge >= 0.3 is 6.36 Å². The number of hydrogen-bond donors (Lipinski definition) is 1. The number of fused-ring (bicyclic) bond motifs is 1. The fourth-order valence-electron chi connectivity index (χ4n) is 2.58. The van der Waals surface area contributed by atoms with Gasteiger partial charge < -0.3 is 14.2 Å². The first-order valence-corrected chi connectivity index (χ1v) is 7.35. The highest BCUT2D eigenvalue weighted by atomic mass is 19.4. The number of rotatable bonds is 3. The summed E-state index contributed by atoms with van der Waals surface area (Å²) >= 11 is 0. The van der Waals surface area contributed by atoms with E-state index in [0.717, 1.165) is 22.4 Å². The molecule has 0 fully saturated rings. The summed E-state index contributed by atoms with van der Waals surface area (Å²) in [5.74, 6) is 0.480. The molecule has 4 nitrogen and oxygen atoms in total. The van der Waals surface area contributed by atoms with Gasteiger partial charge in [-0.2, -0.15) is 0 Å². The van der Waals surface area contributed by atoms with Crippen molar-refractivity contribution in [3.63, 3.8) is 0 Å². The fraction of sp³-hybridized carbons (Fsp3) is 0.294. The SMILES string of the molecule is COC1NCCOc2ccc(-c3ccc(OC(F)(F)F)cc3)cc21. The average molecular weight is 339 g/mol. The molecule has 0 saturated heterocycles. The molecular weight excluding hydrogens is 323 g/mol. The van der Waals surface area contributed by atoms with E-state index in [1.807, 2.05) is 18.2 Å². The smallest absolute Gasteiger partial charge is 0.492 e. The molecule has 1 atom stereocenters. The topological polar surface area (TPSA) is 39.7 Å². The summed E-state index contributed by atoms with van der Waals surface area (Å²) in [6.45, 7) is 1.20. The zero-order chi connectivity index (χ0) is 17.2. The Kier molecular flexibility index (Phi) is 4.64. The highest BCUT2D eigenvalue weighted by Crippen LogP contribution is 2.33. The van der Waals surface area contributed by atoms with Gasteiger partial charge in [0.15, 0.2) is 0 Å². The Labute approximate surface area is 137 Å². The molecule has 24 heavy (non-hydrogen) atoms. The van der Waals surface area contributed by atoms with Gasteiger partial charge in [-0.1, -0.05) is 18.2 Å². The highest BCUT2D eigenvalue weighted by molar-refractivity contribution is 5.66. The number of nitrogens with one attached hydrogen (secondary N) is 1. The Morgan fingerprint density at radius 1 is 1.08 bits per heavy atom. The van der Waals surface area contributed by atoms with Crippen molar-refractivity contribution in [3.8, 4) is 22.6 Å². The molecule has 0 radical (unpaired) electrons. The van der Waals surface area contributed by atoms with Crippen molar-refractivity contribution in [2.75, 3.05) is 20.3 Å². The van der Waals surface area contributed by atoms with Crippen molar-refractivity contribution >= 4 is 0 Å². The lowest BCUT2D eigenvalue weighted by Crippen LogP contribution is -2.24. The largest absolute Gasteiger partial charge is 0.573 e. The molecule has 1 N–H and O–H groups in total. The molecule has 7 heteroatoms. The van der Waals surface area contributed by atoms with Crippen LogP contribution in [0.5, 0.6) is 11.5 Å². The minimum atomic E-state index is -4.69. The predicted octanol–water partition coefficient (Wildman–Crippen LogP) is 3.88. The van der Waals surface area contributed by atoms with Crippen LogP contribution < -0.4 is 14.8 Å². The molecule has 0 saturated carbocycles. The maximum absolute atomic E-state index is 12.2. The van der Waals surface area contributed by atoms with Crippen LogP contribution >= 0.6 is 0 Å². The summed E-state index contributed by atoms with van der Waals surface area (Å²) in [7, 11) is 1.60. The van der Waals surface area contributed by atoms with E-state index in [1.54, 1.807) is 19.2 Å². The molecule has 1 unspecified atom stereocenters. The Balaban J connectivity index is 1.88. The van der Waals surface area contributed by atoms with Crippen LogP contribution in [0, 0.1) is 0 Å². The summed E-state index contributed by atoms with van der Waals surface area (Å²) in [4.78, 5) is 0. The van der Waals surface area contributed by atoms with Crippen LogP contribution in [-0.2, 0) is 4.74 Å². The molecule has 2 aromatic carbocycles. The lowest BCUT2D eigenvalue weighted by atomic mass is 10.0. The molecule has 0 bridgehead atoms. The summed E-state index contributed by atoms with van der Waals surface area (Å²) in [6, 6.07) is 11.3. The van der Waals surface area contributed by atoms with Crippen molar-refractivity contribution in [2.24, 2.45) is 0 Å². The van der Waals surface area contributed by atoms with Crippen molar-refractivity contribution in [2.45, 2.75) is 12.6 Å². The van der Waals surface area contributed by atoms with Crippen LogP contribution in [0.4, 0.5) is 13.2 Å². The monoisotopic (exact) mass is 339 g/mol. The van der Waals surface area contributed by atoms with E-state index in [-0.39, 0.29) is 12.0 Å². The van der Waals surface area contributed by atoms with Gasteiger partial charge in [-0.05, 0) is 35.4 Å². The van der Waals surface area contributed by atoms with E-state index in [4.69, 9.17) is 9.47 Å². The fourth-order valence-corrected chi connectivity index (χ4v) is 2.58. The van der Waals surface area contributed by atoms with Crippen molar-refractivity contribution in [1.82, 2.24) is 5.32 Å². The molecule has 1 aliphatic heterocycles. The number of halogens is 3. The van der Waals surface area contributed by atoms with E-state index < -0.39 is 6.36 Å². The van der Waals surface area contributed by atoms with E-state index in [9.17, 15) is 13.2 Å². The first-order chi connectivity index (χ1) is 11.5. The van der Waals surface area contributed by atoms with Gasteiger partial charge in [0.05, 0.1) is 0 Å². The van der Waals surface area contributed by atoms with Crippen LogP contribution in [0.15, 0.2) is 42.5 Å². The Bertz CT molecular complexity index is 701. The molecule has 0 spiro atoms. The number of alkyl halides is 3. The van der Waals surface area contributed by atoms with Crippen LogP contribution in [-0.4, -0.2) is 26.6 Å². The lowest BCUT2D eigenvalue weighted by Gasteiger charge is -2.17. The molecule has 128 valence electrons. The van der Waals surface area contributed by atoms with Crippen molar-refractivity contribution in [1.29, 1.82) is 0 Å².